The van der Waals surface area contributed by atoms with Crippen molar-refractivity contribution in [2.75, 3.05) is 0 Å². The van der Waals surface area contributed by atoms with E-state index in [4.69, 9.17) is 9.47 Å². The highest BCUT2D eigenvalue weighted by molar-refractivity contribution is 5.72. The Kier molecular flexibility index (Phi) is 2.75. The second-order valence-electron chi connectivity index (χ2n) is 4.03. The minimum absolute atomic E-state index is 0.113. The van der Waals surface area contributed by atoms with Gasteiger partial charge < -0.3 is 9.47 Å². The lowest BCUT2D eigenvalue weighted by atomic mass is 9.97. The largest absolute Gasteiger partial charge is 0.458 e. The van der Waals surface area contributed by atoms with Crippen LogP contribution < -0.4 is 0 Å². The Morgan fingerprint density at radius 1 is 1.47 bits per heavy atom. The molecule has 0 spiro atoms. The van der Waals surface area contributed by atoms with Gasteiger partial charge >= 0.3 is 11.9 Å². The number of fused-ring (bicyclic) bond motifs is 1. The molecule has 4 heteroatoms. The van der Waals surface area contributed by atoms with Crippen molar-refractivity contribution < 1.29 is 19.1 Å². The lowest BCUT2D eigenvalue weighted by Crippen LogP contribution is -2.14. The average Bonchev–Trinajstić information content (AvgIpc) is 2.41. The van der Waals surface area contributed by atoms with Gasteiger partial charge in [-0.2, -0.15) is 0 Å². The van der Waals surface area contributed by atoms with Gasteiger partial charge in [-0.3, -0.25) is 9.59 Å². The molecule has 0 aromatic heterocycles. The maximum atomic E-state index is 11.0. The van der Waals surface area contributed by atoms with Gasteiger partial charge in [0.15, 0.2) is 0 Å². The molecule has 0 amide bonds. The molecule has 82 valence electrons. The van der Waals surface area contributed by atoms with Crippen LogP contribution in [0.1, 0.15) is 26.2 Å². The number of hydrogen-bond donors (Lipinski definition) is 0. The Labute approximate surface area is 88.2 Å². The number of esters is 2. The van der Waals surface area contributed by atoms with Crippen LogP contribution >= 0.6 is 0 Å². The molecule has 1 heterocycles. The Bertz CT molecular complexity index is 308. The van der Waals surface area contributed by atoms with E-state index in [1.165, 1.54) is 6.92 Å². The normalized spacial score (nSPS) is 34.2. The van der Waals surface area contributed by atoms with Crippen LogP contribution in [0.4, 0.5) is 0 Å². The first-order valence-corrected chi connectivity index (χ1v) is 5.20. The molecule has 0 bridgehead atoms. The van der Waals surface area contributed by atoms with Crippen molar-refractivity contribution in [2.24, 2.45) is 5.92 Å². The molecule has 4 nitrogen and oxygen atoms in total. The lowest BCUT2D eigenvalue weighted by Gasteiger charge is -2.12. The molecule has 0 unspecified atom stereocenters. The molecule has 1 aliphatic carbocycles. The smallest absolute Gasteiger partial charge is 0.306 e. The fraction of sp³-hybridized carbons (Fsp3) is 0.636. The summed E-state index contributed by atoms with van der Waals surface area (Å²) in [5, 5.41) is 0. The number of ether oxygens (including phenoxy) is 2. The predicted molar refractivity (Wildman–Crippen MR) is 51.9 cm³/mol. The fourth-order valence-corrected chi connectivity index (χ4v) is 2.11. The zero-order valence-electron chi connectivity index (χ0n) is 8.64. The zero-order chi connectivity index (χ0) is 10.8. The summed E-state index contributed by atoms with van der Waals surface area (Å²) >= 11 is 0. The van der Waals surface area contributed by atoms with Crippen molar-refractivity contribution in [1.29, 1.82) is 0 Å². The predicted octanol–water partition coefficient (Wildman–Crippen LogP) is 1.20. The Hall–Kier alpha value is -1.32. The van der Waals surface area contributed by atoms with E-state index in [0.717, 1.165) is 12.8 Å². The van der Waals surface area contributed by atoms with Gasteiger partial charge in [0.1, 0.15) is 12.2 Å². The molecule has 1 fully saturated rings. The minimum atomic E-state index is -0.270. The van der Waals surface area contributed by atoms with Crippen molar-refractivity contribution in [3.05, 3.63) is 12.2 Å². The summed E-state index contributed by atoms with van der Waals surface area (Å²) in [5.41, 5.74) is 0. The van der Waals surface area contributed by atoms with E-state index in [9.17, 15) is 9.59 Å². The average molecular weight is 210 g/mol. The second kappa shape index (κ2) is 4.04. The van der Waals surface area contributed by atoms with Crippen LogP contribution in [0.15, 0.2) is 12.2 Å². The first kappa shape index (κ1) is 10.2. The van der Waals surface area contributed by atoms with Crippen LogP contribution in [-0.2, 0) is 19.1 Å². The van der Waals surface area contributed by atoms with Crippen LogP contribution in [-0.4, -0.2) is 24.1 Å². The van der Waals surface area contributed by atoms with Gasteiger partial charge in [0, 0.05) is 12.8 Å². The Morgan fingerprint density at radius 3 is 3.00 bits per heavy atom. The summed E-state index contributed by atoms with van der Waals surface area (Å²) in [6, 6.07) is 0. The van der Waals surface area contributed by atoms with Gasteiger partial charge in [0.25, 0.3) is 0 Å². The van der Waals surface area contributed by atoms with Gasteiger partial charge in [0.2, 0.25) is 0 Å². The highest BCUT2D eigenvalue weighted by Crippen LogP contribution is 2.31. The van der Waals surface area contributed by atoms with Gasteiger partial charge in [-0.25, -0.2) is 0 Å². The molecule has 15 heavy (non-hydrogen) atoms. The lowest BCUT2D eigenvalue weighted by molar-refractivity contribution is -0.144. The molecule has 2 rings (SSSR count). The van der Waals surface area contributed by atoms with E-state index in [1.54, 1.807) is 0 Å². The van der Waals surface area contributed by atoms with Gasteiger partial charge in [-0.05, 0) is 25.0 Å². The molecule has 1 aliphatic heterocycles. The first-order valence-electron chi connectivity index (χ1n) is 5.20. The highest BCUT2D eigenvalue weighted by atomic mass is 16.6. The molecule has 0 radical (unpaired) electrons. The fourth-order valence-electron chi connectivity index (χ4n) is 2.11. The molecular formula is C11H14O4. The number of rotatable bonds is 1. The van der Waals surface area contributed by atoms with Crippen LogP contribution in [0.2, 0.25) is 0 Å². The van der Waals surface area contributed by atoms with E-state index >= 15 is 0 Å². The zero-order valence-corrected chi connectivity index (χ0v) is 8.64. The Morgan fingerprint density at radius 2 is 2.27 bits per heavy atom. The van der Waals surface area contributed by atoms with Gasteiger partial charge in [-0.15, -0.1) is 0 Å². The van der Waals surface area contributed by atoms with E-state index in [-0.39, 0.29) is 30.1 Å². The number of carbonyl (C=O) groups is 2. The third kappa shape index (κ3) is 2.37. The van der Waals surface area contributed by atoms with Crippen molar-refractivity contribution in [1.82, 2.24) is 0 Å². The van der Waals surface area contributed by atoms with Crippen molar-refractivity contribution in [3.8, 4) is 0 Å². The monoisotopic (exact) mass is 210 g/mol. The van der Waals surface area contributed by atoms with Crippen LogP contribution in [0.5, 0.6) is 0 Å². The molecule has 2 aliphatic rings. The summed E-state index contributed by atoms with van der Waals surface area (Å²) in [6.45, 7) is 1.40. The molecular weight excluding hydrogens is 196 g/mol. The minimum Gasteiger partial charge on any atom is -0.458 e. The van der Waals surface area contributed by atoms with E-state index < -0.39 is 0 Å². The number of carbonyl (C=O) groups excluding carboxylic acids is 2. The second-order valence-corrected chi connectivity index (χ2v) is 4.03. The van der Waals surface area contributed by atoms with Crippen LogP contribution in [0.3, 0.4) is 0 Å². The van der Waals surface area contributed by atoms with Crippen molar-refractivity contribution >= 4 is 11.9 Å². The standard InChI is InChI=1S/C11H14O4/c1-7(12)14-9-3-2-8-6-11(13)15-10(8)5-4-9/h4-5,8-10H,2-3,6H2,1H3/t8-,9-,10-/m0/s1. The van der Waals surface area contributed by atoms with Crippen molar-refractivity contribution in [2.45, 2.75) is 38.4 Å². The molecule has 0 saturated carbocycles. The summed E-state index contributed by atoms with van der Waals surface area (Å²) in [4.78, 5) is 21.8. The first-order chi connectivity index (χ1) is 7.15. The number of hydrogen-bond acceptors (Lipinski definition) is 4. The van der Waals surface area contributed by atoms with E-state index in [2.05, 4.69) is 0 Å². The molecule has 0 aromatic rings. The molecule has 1 saturated heterocycles. The summed E-state index contributed by atoms with van der Waals surface area (Å²) < 4.78 is 10.2. The third-order valence-electron chi connectivity index (χ3n) is 2.82. The van der Waals surface area contributed by atoms with E-state index in [0.29, 0.717) is 6.42 Å². The van der Waals surface area contributed by atoms with Crippen LogP contribution in [0, 0.1) is 5.92 Å². The van der Waals surface area contributed by atoms with Gasteiger partial charge in [-0.1, -0.05) is 0 Å². The topological polar surface area (TPSA) is 52.6 Å². The van der Waals surface area contributed by atoms with Crippen molar-refractivity contribution in [3.63, 3.8) is 0 Å². The maximum Gasteiger partial charge on any atom is 0.306 e. The molecule has 3 atom stereocenters. The van der Waals surface area contributed by atoms with E-state index in [1.807, 2.05) is 12.2 Å². The SMILES string of the molecule is CC(=O)O[C@@H]1C=C[C@@H]2OC(=O)C[C@@H]2CC1. The molecule has 0 aromatic carbocycles. The Balaban J connectivity index is 1.99. The molecule has 0 N–H and O–H groups in total. The highest BCUT2D eigenvalue weighted by Gasteiger charge is 2.35. The third-order valence-corrected chi connectivity index (χ3v) is 2.82. The quantitative estimate of drug-likeness (QED) is 0.482. The van der Waals surface area contributed by atoms with Crippen LogP contribution in [0.25, 0.3) is 0 Å². The summed E-state index contributed by atoms with van der Waals surface area (Å²) in [6.07, 6.45) is 5.52. The maximum absolute atomic E-state index is 11.0. The summed E-state index contributed by atoms with van der Waals surface area (Å²) in [5.74, 6) is -0.136. The van der Waals surface area contributed by atoms with Gasteiger partial charge in [0.05, 0.1) is 6.42 Å². The summed E-state index contributed by atoms with van der Waals surface area (Å²) in [7, 11) is 0.